The van der Waals surface area contributed by atoms with Gasteiger partial charge >= 0.3 is 5.97 Å². The van der Waals surface area contributed by atoms with E-state index in [0.29, 0.717) is 6.04 Å². The van der Waals surface area contributed by atoms with Crippen molar-refractivity contribution in [3.63, 3.8) is 0 Å². The summed E-state index contributed by atoms with van der Waals surface area (Å²) >= 11 is 0. The van der Waals surface area contributed by atoms with Crippen molar-refractivity contribution in [1.82, 2.24) is 10.2 Å². The second kappa shape index (κ2) is 6.21. The Hall–Kier alpha value is -0.610. The molecule has 2 unspecified atom stereocenters. The molecule has 1 aliphatic rings. The lowest BCUT2D eigenvalue weighted by Crippen LogP contribution is -2.47. The van der Waals surface area contributed by atoms with E-state index >= 15 is 0 Å². The van der Waals surface area contributed by atoms with Gasteiger partial charge in [-0.15, -0.1) is 0 Å². The molecule has 2 N–H and O–H groups in total. The molecular formula is C12H24N2O2. The number of likely N-dealkylation sites (tertiary alicyclic amines) is 1. The van der Waals surface area contributed by atoms with Crippen LogP contribution in [0.4, 0.5) is 0 Å². The molecular weight excluding hydrogens is 204 g/mol. The summed E-state index contributed by atoms with van der Waals surface area (Å²) in [4.78, 5) is 13.4. The highest BCUT2D eigenvalue weighted by molar-refractivity contribution is 5.73. The minimum absolute atomic E-state index is 0.133. The van der Waals surface area contributed by atoms with E-state index in [9.17, 15) is 4.79 Å². The lowest BCUT2D eigenvalue weighted by molar-refractivity contribution is -0.140. The maximum absolute atomic E-state index is 11.0. The average Bonchev–Trinajstić information content (AvgIpc) is 2.64. The quantitative estimate of drug-likeness (QED) is 0.716. The van der Waals surface area contributed by atoms with Crippen molar-refractivity contribution in [2.45, 2.75) is 45.7 Å². The summed E-state index contributed by atoms with van der Waals surface area (Å²) in [6.07, 6.45) is 2.42. The first-order valence-corrected chi connectivity index (χ1v) is 6.26. The topological polar surface area (TPSA) is 52.6 Å². The predicted molar refractivity (Wildman–Crippen MR) is 64.5 cm³/mol. The maximum atomic E-state index is 11.0. The van der Waals surface area contributed by atoms with E-state index in [1.165, 1.54) is 12.8 Å². The van der Waals surface area contributed by atoms with Gasteiger partial charge in [0, 0.05) is 12.6 Å². The van der Waals surface area contributed by atoms with Crippen molar-refractivity contribution < 1.29 is 9.90 Å². The molecule has 0 aromatic heterocycles. The monoisotopic (exact) mass is 228 g/mol. The zero-order valence-electron chi connectivity index (χ0n) is 10.6. The van der Waals surface area contributed by atoms with Crippen molar-refractivity contribution in [2.75, 3.05) is 19.6 Å². The zero-order chi connectivity index (χ0) is 12.1. The summed E-state index contributed by atoms with van der Waals surface area (Å²) in [6, 6.07) is 0.102. The van der Waals surface area contributed by atoms with Crippen molar-refractivity contribution >= 4 is 5.97 Å². The van der Waals surface area contributed by atoms with Gasteiger partial charge in [-0.1, -0.05) is 20.8 Å². The molecule has 0 aliphatic carbocycles. The molecule has 0 radical (unpaired) electrons. The number of hydrogen-bond donors (Lipinski definition) is 2. The molecule has 0 aromatic rings. The third-order valence-electron chi connectivity index (χ3n) is 3.41. The van der Waals surface area contributed by atoms with Gasteiger partial charge in [0.05, 0.1) is 0 Å². The first-order valence-electron chi connectivity index (χ1n) is 6.26. The normalized spacial score (nSPS) is 23.9. The first-order chi connectivity index (χ1) is 7.56. The molecule has 94 valence electrons. The van der Waals surface area contributed by atoms with Gasteiger partial charge in [-0.3, -0.25) is 9.69 Å². The minimum Gasteiger partial charge on any atom is -0.480 e. The number of nitrogens with one attached hydrogen (secondary N) is 1. The van der Waals surface area contributed by atoms with Gasteiger partial charge in [0.25, 0.3) is 0 Å². The van der Waals surface area contributed by atoms with E-state index in [1.54, 1.807) is 0 Å². The van der Waals surface area contributed by atoms with Crippen LogP contribution in [-0.2, 0) is 4.79 Å². The number of rotatable bonds is 6. The third-order valence-corrected chi connectivity index (χ3v) is 3.41. The van der Waals surface area contributed by atoms with Gasteiger partial charge < -0.3 is 10.4 Å². The molecule has 1 heterocycles. The van der Waals surface area contributed by atoms with Gasteiger partial charge in [-0.05, 0) is 31.8 Å². The van der Waals surface area contributed by atoms with Crippen LogP contribution in [0, 0.1) is 5.92 Å². The van der Waals surface area contributed by atoms with Crippen LogP contribution in [0.2, 0.25) is 0 Å². The maximum Gasteiger partial charge on any atom is 0.320 e. The van der Waals surface area contributed by atoms with Crippen LogP contribution < -0.4 is 5.32 Å². The minimum atomic E-state index is -0.740. The molecule has 0 bridgehead atoms. The summed E-state index contributed by atoms with van der Waals surface area (Å²) in [5.74, 6) is -0.606. The Morgan fingerprint density at radius 1 is 1.56 bits per heavy atom. The van der Waals surface area contributed by atoms with Gasteiger partial charge in [-0.2, -0.15) is 0 Å². The van der Waals surface area contributed by atoms with Crippen LogP contribution in [0.25, 0.3) is 0 Å². The number of nitrogens with zero attached hydrogens (tertiary/aromatic N) is 1. The number of hydrogen-bond acceptors (Lipinski definition) is 3. The molecule has 16 heavy (non-hydrogen) atoms. The Morgan fingerprint density at radius 3 is 2.75 bits per heavy atom. The summed E-state index contributed by atoms with van der Waals surface area (Å²) in [6.45, 7) is 9.06. The Morgan fingerprint density at radius 2 is 2.25 bits per heavy atom. The van der Waals surface area contributed by atoms with Crippen LogP contribution in [0.15, 0.2) is 0 Å². The SMILES string of the molecule is CCN1CCCC1CNC(C(=O)O)C(C)C. The van der Waals surface area contributed by atoms with Crippen molar-refractivity contribution in [2.24, 2.45) is 5.92 Å². The van der Waals surface area contributed by atoms with Crippen LogP contribution in [0.5, 0.6) is 0 Å². The van der Waals surface area contributed by atoms with Crippen LogP contribution in [-0.4, -0.2) is 47.7 Å². The first kappa shape index (κ1) is 13.5. The van der Waals surface area contributed by atoms with Gasteiger partial charge in [0.2, 0.25) is 0 Å². The molecule has 0 saturated carbocycles. The lowest BCUT2D eigenvalue weighted by atomic mass is 10.0. The Bertz CT molecular complexity index is 231. The van der Waals surface area contributed by atoms with Gasteiger partial charge in [-0.25, -0.2) is 0 Å². The Kier molecular flexibility index (Phi) is 5.22. The van der Waals surface area contributed by atoms with Crippen molar-refractivity contribution in [3.8, 4) is 0 Å². The second-order valence-electron chi connectivity index (χ2n) is 4.89. The highest BCUT2D eigenvalue weighted by Crippen LogP contribution is 2.16. The van der Waals surface area contributed by atoms with Crippen molar-refractivity contribution in [3.05, 3.63) is 0 Å². The molecule has 4 nitrogen and oxygen atoms in total. The standard InChI is InChI=1S/C12H24N2O2/c1-4-14-7-5-6-10(14)8-13-11(9(2)3)12(15)16/h9-11,13H,4-8H2,1-3H3,(H,15,16). The smallest absolute Gasteiger partial charge is 0.320 e. The third kappa shape index (κ3) is 3.46. The van der Waals surface area contributed by atoms with Gasteiger partial charge in [0.1, 0.15) is 6.04 Å². The zero-order valence-corrected chi connectivity index (χ0v) is 10.6. The average molecular weight is 228 g/mol. The molecule has 2 atom stereocenters. The molecule has 1 saturated heterocycles. The fraction of sp³-hybridized carbons (Fsp3) is 0.917. The summed E-state index contributed by atoms with van der Waals surface area (Å²) in [7, 11) is 0. The Balaban J connectivity index is 2.39. The molecule has 1 aliphatic heterocycles. The molecule has 0 spiro atoms. The molecule has 0 aromatic carbocycles. The van der Waals surface area contributed by atoms with Crippen molar-refractivity contribution in [1.29, 1.82) is 0 Å². The highest BCUT2D eigenvalue weighted by atomic mass is 16.4. The van der Waals surface area contributed by atoms with E-state index in [-0.39, 0.29) is 5.92 Å². The van der Waals surface area contributed by atoms with E-state index in [1.807, 2.05) is 13.8 Å². The molecule has 1 rings (SSSR count). The number of aliphatic carboxylic acids is 1. The van der Waals surface area contributed by atoms with E-state index in [2.05, 4.69) is 17.1 Å². The number of carboxylic acid groups (broad SMARTS) is 1. The fourth-order valence-electron chi connectivity index (χ4n) is 2.41. The number of carboxylic acids is 1. The van der Waals surface area contributed by atoms with Crippen LogP contribution in [0.1, 0.15) is 33.6 Å². The van der Waals surface area contributed by atoms with E-state index in [4.69, 9.17) is 5.11 Å². The summed E-state index contributed by atoms with van der Waals surface area (Å²) < 4.78 is 0. The summed E-state index contributed by atoms with van der Waals surface area (Å²) in [5.41, 5.74) is 0. The molecule has 4 heteroatoms. The fourth-order valence-corrected chi connectivity index (χ4v) is 2.41. The number of carbonyl (C=O) groups is 1. The van der Waals surface area contributed by atoms with E-state index in [0.717, 1.165) is 19.6 Å². The second-order valence-corrected chi connectivity index (χ2v) is 4.89. The van der Waals surface area contributed by atoms with E-state index < -0.39 is 12.0 Å². The predicted octanol–water partition coefficient (Wildman–Crippen LogP) is 1.17. The van der Waals surface area contributed by atoms with Gasteiger partial charge in [0.15, 0.2) is 0 Å². The van der Waals surface area contributed by atoms with Crippen LogP contribution in [0.3, 0.4) is 0 Å². The summed E-state index contributed by atoms with van der Waals surface area (Å²) in [5, 5.41) is 12.2. The Labute approximate surface area is 98.0 Å². The largest absolute Gasteiger partial charge is 0.480 e. The van der Waals surface area contributed by atoms with Crippen LogP contribution >= 0.6 is 0 Å². The lowest BCUT2D eigenvalue weighted by Gasteiger charge is -2.26. The number of likely N-dealkylation sites (N-methyl/N-ethyl adjacent to an activating group) is 1. The molecule has 1 fully saturated rings. The highest BCUT2D eigenvalue weighted by Gasteiger charge is 2.26. The molecule has 0 amide bonds.